The monoisotopic (exact) mass is 751 g/mol. The number of carbonyl (C=O) groups excluding carboxylic acids is 3. The summed E-state index contributed by atoms with van der Waals surface area (Å²) in [4.78, 5) is 76.7. The number of hydrogen-bond donors (Lipinski definition) is 7. The van der Waals surface area contributed by atoms with Crippen LogP contribution in [0.3, 0.4) is 0 Å². The number of allylic oxidation sites excluding steroid dienone is 2. The summed E-state index contributed by atoms with van der Waals surface area (Å²) < 4.78 is 4.91. The van der Waals surface area contributed by atoms with Crippen molar-refractivity contribution in [2.75, 3.05) is 19.0 Å². The third-order valence-electron chi connectivity index (χ3n) is 9.75. The van der Waals surface area contributed by atoms with Crippen LogP contribution >= 0.6 is 0 Å². The van der Waals surface area contributed by atoms with Gasteiger partial charge in [-0.05, 0) is 74.1 Å². The lowest BCUT2D eigenvalue weighted by Gasteiger charge is -2.12. The predicted octanol–water partition coefficient (Wildman–Crippen LogP) is 5.59. The predicted molar refractivity (Wildman–Crippen MR) is 209 cm³/mol. The molecule has 1 unspecified atom stereocenters. The van der Waals surface area contributed by atoms with Gasteiger partial charge < -0.3 is 40.9 Å². The molecule has 2 aliphatic heterocycles. The molecular formula is C40H45N7O8. The molecule has 0 spiro atoms. The van der Waals surface area contributed by atoms with E-state index in [9.17, 15) is 29.1 Å². The highest BCUT2D eigenvalue weighted by atomic mass is 16.5. The van der Waals surface area contributed by atoms with Crippen molar-refractivity contribution in [3.63, 3.8) is 0 Å². The third-order valence-corrected chi connectivity index (χ3v) is 9.75. The van der Waals surface area contributed by atoms with E-state index in [4.69, 9.17) is 19.8 Å². The van der Waals surface area contributed by atoms with Gasteiger partial charge in [-0.1, -0.05) is 25.3 Å². The molecule has 2 atom stereocenters. The molecular weight excluding hydrogens is 706 g/mol. The Labute approximate surface area is 317 Å². The van der Waals surface area contributed by atoms with E-state index in [1.54, 1.807) is 6.08 Å². The maximum absolute atomic E-state index is 13.0. The van der Waals surface area contributed by atoms with Crippen molar-refractivity contribution in [3.05, 3.63) is 76.8 Å². The van der Waals surface area contributed by atoms with Crippen LogP contribution in [0, 0.1) is 13.8 Å². The van der Waals surface area contributed by atoms with Crippen molar-refractivity contribution in [2.45, 2.75) is 71.4 Å². The largest absolute Gasteiger partial charge is 0.481 e. The van der Waals surface area contributed by atoms with Crippen LogP contribution in [0.5, 0.6) is 0 Å². The first-order valence-electron chi connectivity index (χ1n) is 17.8. The highest BCUT2D eigenvalue weighted by molar-refractivity contribution is 5.94. The van der Waals surface area contributed by atoms with Crippen LogP contribution in [0.25, 0.3) is 45.4 Å². The molecule has 0 fully saturated rings. The number of methoxy groups -OCH3 is 1. The van der Waals surface area contributed by atoms with E-state index in [2.05, 4.69) is 39.1 Å². The summed E-state index contributed by atoms with van der Waals surface area (Å²) in [7, 11) is 1.35. The number of fused-ring (bicyclic) bond motifs is 8. The van der Waals surface area contributed by atoms with Crippen molar-refractivity contribution in [1.29, 1.82) is 0 Å². The number of carboxylic acids is 2. The summed E-state index contributed by atoms with van der Waals surface area (Å²) >= 11 is 0. The standard InChI is InChI=1S/C40H45N7O8/c1-7-23-20(3)27-15-31-24(8-2)21(4)29(44-31)18-35-45-26(10-12-39(52)55-6)33(46-35)17-32-25(22(5)28(43-32)16-30(23)42-27)9-11-36(48)41-14-13-37(49)47-34(40(53)54)19-38(50)51/h7-8,15-18,26,34,42,44H,1-2,9-14,19H2,3-6H3,(H,41,48)(H,45,46)(H,47,49)(H,50,51)(H,53,54)/t26?,34-/m0/s1. The molecule has 0 radical (unpaired) electrons. The molecule has 2 aliphatic rings. The number of aromatic amines is 2. The van der Waals surface area contributed by atoms with E-state index in [1.807, 2.05) is 51.1 Å². The number of aliphatic carboxylic acids is 2. The maximum Gasteiger partial charge on any atom is 0.326 e. The summed E-state index contributed by atoms with van der Waals surface area (Å²) in [5.41, 5.74) is 10.8. The van der Waals surface area contributed by atoms with Gasteiger partial charge in [0.2, 0.25) is 11.8 Å². The minimum absolute atomic E-state index is 0.0469. The smallest absolute Gasteiger partial charge is 0.326 e. The van der Waals surface area contributed by atoms with Gasteiger partial charge in [-0.3, -0.25) is 19.2 Å². The fraction of sp³-hybridized carbons (Fsp3) is 0.325. The summed E-state index contributed by atoms with van der Waals surface area (Å²) in [5, 5.41) is 26.4. The van der Waals surface area contributed by atoms with E-state index < -0.39 is 30.3 Å². The molecule has 15 heteroatoms. The molecule has 55 heavy (non-hydrogen) atoms. The molecule has 5 heterocycles. The van der Waals surface area contributed by atoms with Gasteiger partial charge in [0, 0.05) is 65.1 Å². The number of esters is 1. The van der Waals surface area contributed by atoms with Crippen LogP contribution < -0.4 is 16.0 Å². The van der Waals surface area contributed by atoms with Gasteiger partial charge >= 0.3 is 17.9 Å². The first kappa shape index (κ1) is 39.7. The number of ether oxygens (including phenoxy) is 1. The lowest BCUT2D eigenvalue weighted by atomic mass is 9.99. The molecule has 3 aromatic rings. The van der Waals surface area contributed by atoms with Gasteiger partial charge in [0.1, 0.15) is 11.9 Å². The number of hydrogen-bond acceptors (Lipinski definition) is 9. The fourth-order valence-electron chi connectivity index (χ4n) is 6.69. The molecule has 2 amide bonds. The Balaban J connectivity index is 1.53. The second kappa shape index (κ2) is 17.1. The number of amides is 2. The van der Waals surface area contributed by atoms with Crippen LogP contribution in [0.4, 0.5) is 5.82 Å². The van der Waals surface area contributed by atoms with Crippen LogP contribution in [0.1, 0.15) is 90.8 Å². The SMILES string of the molecule is C=Cc1c(C)c2cc3[nH]c(cc4nc(cc5nc(cc1[nH]2)C(C)=C5CCC(=O)NCCC(=O)N[C@@H](CC(=O)O)C(=O)O)C(CCC(=O)OC)N4)c(C)c3C=C. The van der Waals surface area contributed by atoms with Gasteiger partial charge in [-0.15, -0.1) is 0 Å². The number of rotatable bonds is 15. The maximum atomic E-state index is 13.0. The summed E-state index contributed by atoms with van der Waals surface area (Å²) in [6.07, 6.45) is 3.50. The summed E-state index contributed by atoms with van der Waals surface area (Å²) in [6.45, 7) is 14.0. The Kier molecular flexibility index (Phi) is 12.3. The molecule has 0 saturated heterocycles. The molecule has 7 N–H and O–H groups in total. The number of H-pyrrole nitrogens is 2. The van der Waals surface area contributed by atoms with Gasteiger partial charge in [0.25, 0.3) is 0 Å². The van der Waals surface area contributed by atoms with Gasteiger partial charge in [0.15, 0.2) is 0 Å². The highest BCUT2D eigenvalue weighted by Gasteiger charge is 2.25. The Bertz CT molecular complexity index is 2280. The zero-order chi connectivity index (χ0) is 40.0. The van der Waals surface area contributed by atoms with Crippen LogP contribution in [0.15, 0.2) is 37.4 Å². The van der Waals surface area contributed by atoms with Gasteiger partial charge in [0.05, 0.1) is 36.7 Å². The molecule has 8 bridgehead atoms. The second-order valence-corrected chi connectivity index (χ2v) is 13.3. The lowest BCUT2D eigenvalue weighted by Crippen LogP contribution is -2.43. The van der Waals surface area contributed by atoms with Crippen LogP contribution in [0.2, 0.25) is 0 Å². The molecule has 288 valence electrons. The Morgan fingerprint density at radius 3 is 2.13 bits per heavy atom. The van der Waals surface area contributed by atoms with Crippen molar-refractivity contribution in [3.8, 4) is 0 Å². The molecule has 3 aromatic heterocycles. The van der Waals surface area contributed by atoms with Crippen molar-refractivity contribution >= 4 is 80.9 Å². The first-order chi connectivity index (χ1) is 26.2. The second-order valence-electron chi connectivity index (χ2n) is 13.3. The summed E-state index contributed by atoms with van der Waals surface area (Å²) in [5.74, 6) is -3.65. The third kappa shape index (κ3) is 9.18. The van der Waals surface area contributed by atoms with E-state index in [0.717, 1.165) is 55.5 Å². The number of nitrogens with one attached hydrogen (secondary N) is 5. The number of carbonyl (C=O) groups is 5. The Morgan fingerprint density at radius 1 is 0.855 bits per heavy atom. The van der Waals surface area contributed by atoms with Gasteiger partial charge in [-0.2, -0.15) is 0 Å². The van der Waals surface area contributed by atoms with Crippen molar-refractivity contribution < 1.29 is 38.9 Å². The van der Waals surface area contributed by atoms with E-state index in [1.165, 1.54) is 7.11 Å². The van der Waals surface area contributed by atoms with E-state index >= 15 is 0 Å². The zero-order valence-corrected chi connectivity index (χ0v) is 31.2. The van der Waals surface area contributed by atoms with E-state index in [0.29, 0.717) is 29.3 Å². The Hall–Kier alpha value is -6.51. The molecule has 0 saturated carbocycles. The number of anilines is 1. The Morgan fingerprint density at radius 2 is 1.51 bits per heavy atom. The number of carboxylic acid groups (broad SMARTS) is 2. The molecule has 0 aliphatic carbocycles. The fourth-order valence-corrected chi connectivity index (χ4v) is 6.69. The lowest BCUT2D eigenvalue weighted by molar-refractivity contribution is -0.147. The summed E-state index contributed by atoms with van der Waals surface area (Å²) in [6, 6.07) is 5.85. The average molecular weight is 752 g/mol. The van der Waals surface area contributed by atoms with Crippen molar-refractivity contribution in [1.82, 2.24) is 30.6 Å². The van der Waals surface area contributed by atoms with Crippen LogP contribution in [-0.2, 0) is 28.7 Å². The number of aryl methyl sites for hydroxylation is 2. The van der Waals surface area contributed by atoms with Gasteiger partial charge in [-0.25, -0.2) is 14.8 Å². The molecule has 15 nitrogen and oxygen atoms in total. The van der Waals surface area contributed by atoms with Crippen LogP contribution in [-0.4, -0.2) is 79.6 Å². The average Bonchev–Trinajstić information content (AvgIpc) is 3.83. The van der Waals surface area contributed by atoms with Crippen molar-refractivity contribution in [2.24, 2.45) is 0 Å². The molecule has 5 rings (SSSR count). The first-order valence-corrected chi connectivity index (χ1v) is 17.8. The highest BCUT2D eigenvalue weighted by Crippen LogP contribution is 2.36. The quantitative estimate of drug-likeness (QED) is 0.0948. The minimum atomic E-state index is -1.58. The number of aromatic nitrogens is 4. The normalized spacial score (nSPS) is 14.1. The zero-order valence-electron chi connectivity index (χ0n) is 31.2. The molecule has 0 aromatic carbocycles. The van der Waals surface area contributed by atoms with E-state index in [-0.39, 0.29) is 50.1 Å². The minimum Gasteiger partial charge on any atom is -0.481 e. The topological polar surface area (TPSA) is 228 Å². The number of nitrogens with zero attached hydrogens (tertiary/aromatic N) is 2.